The van der Waals surface area contributed by atoms with Crippen molar-refractivity contribution in [2.75, 3.05) is 11.9 Å². The molecule has 3 rings (SSSR count). The second-order valence-electron chi connectivity index (χ2n) is 5.56. The van der Waals surface area contributed by atoms with E-state index in [1.165, 1.54) is 0 Å². The van der Waals surface area contributed by atoms with Crippen LogP contribution in [0.25, 0.3) is 10.9 Å². The van der Waals surface area contributed by atoms with Gasteiger partial charge in [0.15, 0.2) is 0 Å². The zero-order valence-corrected chi connectivity index (χ0v) is 12.7. The first-order valence-corrected chi connectivity index (χ1v) is 7.60. The van der Waals surface area contributed by atoms with E-state index in [1.807, 2.05) is 18.2 Å². The lowest BCUT2D eigenvalue weighted by Crippen LogP contribution is -2.40. The Bertz CT molecular complexity index is 674. The Balaban J connectivity index is 1.85. The molecule has 2 heterocycles. The van der Waals surface area contributed by atoms with Crippen molar-refractivity contribution >= 4 is 34.1 Å². The summed E-state index contributed by atoms with van der Waals surface area (Å²) in [7, 11) is 0. The van der Waals surface area contributed by atoms with Crippen molar-refractivity contribution in [3.05, 3.63) is 35.5 Å². The number of aromatic nitrogens is 1. The third-order valence-corrected chi connectivity index (χ3v) is 4.30. The van der Waals surface area contributed by atoms with Gasteiger partial charge in [-0.25, -0.2) is 0 Å². The monoisotopic (exact) mass is 303 g/mol. The normalized spacial score (nSPS) is 22.2. The Morgan fingerprint density at radius 2 is 2.29 bits per heavy atom. The minimum absolute atomic E-state index is 0.0516. The molecule has 4 nitrogen and oxygen atoms in total. The molecule has 21 heavy (non-hydrogen) atoms. The second kappa shape index (κ2) is 6.00. The molecule has 1 aromatic heterocycles. The van der Waals surface area contributed by atoms with E-state index in [1.54, 1.807) is 12.3 Å². The van der Waals surface area contributed by atoms with Crippen molar-refractivity contribution in [2.45, 2.75) is 25.8 Å². The number of fused-ring (bicyclic) bond motifs is 1. The smallest absolute Gasteiger partial charge is 0.227 e. The predicted octanol–water partition coefficient (Wildman–Crippen LogP) is 3.21. The van der Waals surface area contributed by atoms with Crippen LogP contribution in [0.1, 0.15) is 19.8 Å². The highest BCUT2D eigenvalue weighted by Crippen LogP contribution is 2.29. The number of nitrogens with zero attached hydrogens (tertiary/aromatic N) is 1. The molecule has 1 aromatic carbocycles. The Morgan fingerprint density at radius 1 is 1.43 bits per heavy atom. The zero-order valence-electron chi connectivity index (χ0n) is 11.9. The van der Waals surface area contributed by atoms with E-state index >= 15 is 0 Å². The molecule has 1 amide bonds. The largest absolute Gasteiger partial charge is 0.324 e. The van der Waals surface area contributed by atoms with Crippen molar-refractivity contribution in [1.29, 1.82) is 0 Å². The summed E-state index contributed by atoms with van der Waals surface area (Å²) in [6, 6.07) is 7.75. The third-order valence-electron chi connectivity index (χ3n) is 3.97. The quantitative estimate of drug-likeness (QED) is 0.895. The second-order valence-corrected chi connectivity index (χ2v) is 5.97. The first-order valence-electron chi connectivity index (χ1n) is 7.22. The molecule has 1 aliphatic heterocycles. The fourth-order valence-corrected chi connectivity index (χ4v) is 3.06. The number of hydrogen-bond donors (Lipinski definition) is 2. The van der Waals surface area contributed by atoms with Crippen LogP contribution < -0.4 is 10.6 Å². The number of benzene rings is 1. The van der Waals surface area contributed by atoms with Crippen LogP contribution in [-0.2, 0) is 4.79 Å². The summed E-state index contributed by atoms with van der Waals surface area (Å²) in [6.07, 6.45) is 3.45. The number of carbonyl (C=O) groups is 1. The molecule has 1 fully saturated rings. The Hall–Kier alpha value is -1.65. The first kappa shape index (κ1) is 14.3. The van der Waals surface area contributed by atoms with Crippen LogP contribution in [0, 0.1) is 5.92 Å². The minimum Gasteiger partial charge on any atom is -0.324 e. The molecule has 2 aromatic rings. The van der Waals surface area contributed by atoms with Gasteiger partial charge in [-0.1, -0.05) is 11.6 Å². The fourth-order valence-electron chi connectivity index (χ4n) is 2.84. The van der Waals surface area contributed by atoms with Gasteiger partial charge in [-0.2, -0.15) is 0 Å². The highest BCUT2D eigenvalue weighted by atomic mass is 35.5. The summed E-state index contributed by atoms with van der Waals surface area (Å²) in [4.78, 5) is 16.8. The number of hydrogen-bond acceptors (Lipinski definition) is 3. The highest BCUT2D eigenvalue weighted by molar-refractivity contribution is 6.35. The van der Waals surface area contributed by atoms with E-state index in [0.29, 0.717) is 11.1 Å². The average molecular weight is 304 g/mol. The van der Waals surface area contributed by atoms with E-state index in [4.69, 9.17) is 11.6 Å². The first-order chi connectivity index (χ1) is 10.1. The maximum Gasteiger partial charge on any atom is 0.227 e. The molecule has 2 N–H and O–H groups in total. The van der Waals surface area contributed by atoms with Crippen LogP contribution in [0.5, 0.6) is 0 Å². The lowest BCUT2D eigenvalue weighted by Gasteiger charge is -2.27. The molecule has 1 aliphatic rings. The number of pyridine rings is 1. The highest BCUT2D eigenvalue weighted by Gasteiger charge is 2.25. The molecule has 0 radical (unpaired) electrons. The van der Waals surface area contributed by atoms with Crippen LogP contribution in [-0.4, -0.2) is 23.5 Å². The number of rotatable bonds is 2. The van der Waals surface area contributed by atoms with Gasteiger partial charge in [0.1, 0.15) is 0 Å². The summed E-state index contributed by atoms with van der Waals surface area (Å²) in [5.41, 5.74) is 1.46. The average Bonchev–Trinajstić information content (AvgIpc) is 2.50. The number of anilines is 1. The Morgan fingerprint density at radius 3 is 3.10 bits per heavy atom. The Labute approximate surface area is 128 Å². The molecular weight excluding hydrogens is 286 g/mol. The van der Waals surface area contributed by atoms with Gasteiger partial charge in [0.05, 0.1) is 16.2 Å². The standard InChI is InChI=1S/C16H18ClN3O/c1-10-9-11(6-8-18-10)16(21)20-14-5-4-13(17)12-3-2-7-19-15(12)14/h2-5,7,10-11,18H,6,8-9H2,1H3,(H,20,21). The summed E-state index contributed by atoms with van der Waals surface area (Å²) in [5.74, 6) is 0.119. The molecule has 2 unspecified atom stereocenters. The van der Waals surface area contributed by atoms with Crippen molar-refractivity contribution in [3.8, 4) is 0 Å². The number of piperidine rings is 1. The molecule has 0 saturated carbocycles. The Kier molecular flexibility index (Phi) is 4.08. The van der Waals surface area contributed by atoms with E-state index in [0.717, 1.165) is 36.0 Å². The van der Waals surface area contributed by atoms with Crippen LogP contribution in [0.3, 0.4) is 0 Å². The van der Waals surface area contributed by atoms with Gasteiger partial charge in [-0.05, 0) is 50.6 Å². The van der Waals surface area contributed by atoms with Crippen LogP contribution in [0.2, 0.25) is 5.02 Å². The maximum atomic E-state index is 12.4. The molecule has 1 saturated heterocycles. The topological polar surface area (TPSA) is 54.0 Å². The summed E-state index contributed by atoms with van der Waals surface area (Å²) in [6.45, 7) is 3.00. The number of carbonyl (C=O) groups excluding carboxylic acids is 1. The molecule has 0 aliphatic carbocycles. The van der Waals surface area contributed by atoms with E-state index < -0.39 is 0 Å². The fraction of sp³-hybridized carbons (Fsp3) is 0.375. The van der Waals surface area contributed by atoms with Crippen molar-refractivity contribution in [1.82, 2.24) is 10.3 Å². The van der Waals surface area contributed by atoms with Gasteiger partial charge in [-0.15, -0.1) is 0 Å². The summed E-state index contributed by atoms with van der Waals surface area (Å²) >= 11 is 6.17. The van der Waals surface area contributed by atoms with E-state index in [2.05, 4.69) is 22.5 Å². The molecule has 0 bridgehead atoms. The number of amides is 1. The number of nitrogens with one attached hydrogen (secondary N) is 2. The van der Waals surface area contributed by atoms with Crippen molar-refractivity contribution in [3.63, 3.8) is 0 Å². The molecule has 0 spiro atoms. The lowest BCUT2D eigenvalue weighted by molar-refractivity contribution is -0.120. The number of halogens is 1. The van der Waals surface area contributed by atoms with Crippen LogP contribution >= 0.6 is 11.6 Å². The summed E-state index contributed by atoms with van der Waals surface area (Å²) in [5, 5.41) is 7.87. The van der Waals surface area contributed by atoms with Crippen LogP contribution in [0.15, 0.2) is 30.5 Å². The third kappa shape index (κ3) is 3.01. The summed E-state index contributed by atoms with van der Waals surface area (Å²) < 4.78 is 0. The van der Waals surface area contributed by atoms with Crippen molar-refractivity contribution < 1.29 is 4.79 Å². The lowest BCUT2D eigenvalue weighted by atomic mass is 9.92. The van der Waals surface area contributed by atoms with Crippen LogP contribution in [0.4, 0.5) is 5.69 Å². The van der Waals surface area contributed by atoms with Gasteiger partial charge < -0.3 is 10.6 Å². The minimum atomic E-state index is 0.0516. The van der Waals surface area contributed by atoms with Crippen molar-refractivity contribution in [2.24, 2.45) is 5.92 Å². The molecular formula is C16H18ClN3O. The van der Waals surface area contributed by atoms with Gasteiger partial charge in [-0.3, -0.25) is 9.78 Å². The SMILES string of the molecule is CC1CC(C(=O)Nc2ccc(Cl)c3cccnc23)CCN1. The van der Waals surface area contributed by atoms with Gasteiger partial charge in [0.2, 0.25) is 5.91 Å². The van der Waals surface area contributed by atoms with Gasteiger partial charge in [0, 0.05) is 23.5 Å². The van der Waals surface area contributed by atoms with E-state index in [9.17, 15) is 4.79 Å². The predicted molar refractivity (Wildman–Crippen MR) is 85.6 cm³/mol. The maximum absolute atomic E-state index is 12.4. The zero-order chi connectivity index (χ0) is 14.8. The van der Waals surface area contributed by atoms with Gasteiger partial charge in [0.25, 0.3) is 0 Å². The molecule has 110 valence electrons. The van der Waals surface area contributed by atoms with E-state index in [-0.39, 0.29) is 11.8 Å². The molecule has 5 heteroatoms. The van der Waals surface area contributed by atoms with Gasteiger partial charge >= 0.3 is 0 Å². The molecule has 2 atom stereocenters.